The number of anilines is 1. The van der Waals surface area contributed by atoms with Crippen LogP contribution in [0.25, 0.3) is 32.7 Å². The second-order valence-electron chi connectivity index (χ2n) is 7.88. The highest BCUT2D eigenvalue weighted by molar-refractivity contribution is 7.92. The van der Waals surface area contributed by atoms with Crippen LogP contribution in [-0.2, 0) is 10.0 Å². The Morgan fingerprint density at radius 3 is 2.14 bits per heavy atom. The van der Waals surface area contributed by atoms with Crippen LogP contribution in [0.15, 0.2) is 95.9 Å². The van der Waals surface area contributed by atoms with Crippen LogP contribution in [-0.4, -0.2) is 23.6 Å². The third-order valence-corrected chi connectivity index (χ3v) is 7.20. The van der Waals surface area contributed by atoms with Gasteiger partial charge in [0.15, 0.2) is 4.90 Å². The molecular formula is C26H18N2O6S. The van der Waals surface area contributed by atoms with Crippen molar-refractivity contribution in [1.29, 1.82) is 0 Å². The van der Waals surface area contributed by atoms with Crippen LogP contribution in [0.3, 0.4) is 0 Å². The van der Waals surface area contributed by atoms with Crippen LogP contribution in [0.2, 0.25) is 0 Å². The first kappa shape index (κ1) is 22.2. The summed E-state index contributed by atoms with van der Waals surface area (Å²) in [6.45, 7) is 0. The molecule has 0 aliphatic carbocycles. The summed E-state index contributed by atoms with van der Waals surface area (Å²) in [5.74, 6) is -0.234. The Morgan fingerprint density at radius 2 is 1.40 bits per heavy atom. The minimum absolute atomic E-state index is 0.0956. The molecule has 5 rings (SSSR count). The number of benzene rings is 5. The number of phenols is 2. The number of para-hydroxylation sites is 1. The quantitative estimate of drug-likeness (QED) is 0.164. The smallest absolute Gasteiger partial charge is 0.289 e. The summed E-state index contributed by atoms with van der Waals surface area (Å²) in [7, 11) is -4.38. The number of hydrogen-bond acceptors (Lipinski definition) is 6. The highest BCUT2D eigenvalue weighted by Crippen LogP contribution is 2.46. The number of nitrogens with zero attached hydrogens (tertiary/aromatic N) is 1. The van der Waals surface area contributed by atoms with Crippen molar-refractivity contribution in [2.24, 2.45) is 0 Å². The van der Waals surface area contributed by atoms with E-state index in [1.165, 1.54) is 24.3 Å². The second kappa shape index (κ2) is 8.30. The molecule has 0 radical (unpaired) electrons. The van der Waals surface area contributed by atoms with Crippen LogP contribution in [0, 0.1) is 10.1 Å². The minimum Gasteiger partial charge on any atom is -0.507 e. The molecule has 5 aromatic carbocycles. The Labute approximate surface area is 199 Å². The van der Waals surface area contributed by atoms with E-state index in [4.69, 9.17) is 0 Å². The average molecular weight is 487 g/mol. The molecule has 5 aromatic rings. The molecule has 0 bridgehead atoms. The highest BCUT2D eigenvalue weighted by atomic mass is 32.2. The first-order valence-electron chi connectivity index (χ1n) is 10.5. The molecule has 8 nitrogen and oxygen atoms in total. The van der Waals surface area contributed by atoms with Gasteiger partial charge in [0.25, 0.3) is 15.7 Å². The van der Waals surface area contributed by atoms with Gasteiger partial charge in [0.1, 0.15) is 11.5 Å². The van der Waals surface area contributed by atoms with Crippen LogP contribution >= 0.6 is 0 Å². The van der Waals surface area contributed by atoms with Gasteiger partial charge in [0.2, 0.25) is 0 Å². The summed E-state index contributed by atoms with van der Waals surface area (Å²) >= 11 is 0. The second-order valence-corrected chi connectivity index (χ2v) is 9.53. The van der Waals surface area contributed by atoms with Crippen molar-refractivity contribution in [1.82, 2.24) is 0 Å². The Bertz CT molecular complexity index is 1750. The van der Waals surface area contributed by atoms with Crippen molar-refractivity contribution in [2.45, 2.75) is 4.90 Å². The molecule has 0 saturated heterocycles. The number of nitro groups is 1. The Hall–Kier alpha value is -4.63. The first-order chi connectivity index (χ1) is 16.8. The Morgan fingerprint density at radius 1 is 0.771 bits per heavy atom. The maximum Gasteiger partial charge on any atom is 0.289 e. The lowest BCUT2D eigenvalue weighted by molar-refractivity contribution is -0.387. The fraction of sp³-hybridized carbons (Fsp3) is 0. The molecule has 0 aliphatic heterocycles. The van der Waals surface area contributed by atoms with Crippen LogP contribution < -0.4 is 4.72 Å². The van der Waals surface area contributed by atoms with Crippen molar-refractivity contribution in [2.75, 3.05) is 4.72 Å². The van der Waals surface area contributed by atoms with Gasteiger partial charge in [-0.2, -0.15) is 0 Å². The average Bonchev–Trinajstić information content (AvgIpc) is 2.86. The standard InChI is InChI=1S/C26H18N2O6S/c29-23-14-13-16-7-1-2-8-17(16)25(23)20-15-21(18-9-3-4-10-19(18)26(20)30)27-35(33,34)24-12-6-5-11-22(24)28(31)32/h1-15,27,29-30H. The zero-order valence-electron chi connectivity index (χ0n) is 18.0. The molecule has 174 valence electrons. The largest absolute Gasteiger partial charge is 0.507 e. The predicted octanol–water partition coefficient (Wildman–Crippen LogP) is 5.78. The van der Waals surface area contributed by atoms with E-state index in [9.17, 15) is 28.7 Å². The number of fused-ring (bicyclic) bond motifs is 2. The normalized spacial score (nSPS) is 11.5. The zero-order chi connectivity index (χ0) is 24.7. The number of hydrogen-bond donors (Lipinski definition) is 3. The van der Waals surface area contributed by atoms with Gasteiger partial charge >= 0.3 is 0 Å². The van der Waals surface area contributed by atoms with Gasteiger partial charge in [-0.3, -0.25) is 14.8 Å². The van der Waals surface area contributed by atoms with E-state index in [1.807, 2.05) is 12.1 Å². The SMILES string of the molecule is O=[N+]([O-])c1ccccc1S(=O)(=O)Nc1cc(-c2c(O)ccc3ccccc23)c(O)c2ccccc12. The molecule has 0 aromatic heterocycles. The molecule has 0 heterocycles. The monoisotopic (exact) mass is 486 g/mol. The summed E-state index contributed by atoms with van der Waals surface area (Å²) in [6, 6.07) is 23.6. The molecule has 9 heteroatoms. The van der Waals surface area contributed by atoms with E-state index >= 15 is 0 Å². The number of aromatic hydroxyl groups is 2. The van der Waals surface area contributed by atoms with Crippen molar-refractivity contribution >= 4 is 42.9 Å². The van der Waals surface area contributed by atoms with Gasteiger partial charge < -0.3 is 10.2 Å². The number of nitro benzene ring substituents is 1. The van der Waals surface area contributed by atoms with E-state index in [1.54, 1.807) is 42.5 Å². The number of phenolic OH excluding ortho intramolecular Hbond substituents is 2. The minimum atomic E-state index is -4.38. The first-order valence-corrected chi connectivity index (χ1v) is 12.0. The molecule has 0 spiro atoms. The lowest BCUT2D eigenvalue weighted by Gasteiger charge is -2.17. The van der Waals surface area contributed by atoms with Crippen LogP contribution in [0.5, 0.6) is 11.5 Å². The van der Waals surface area contributed by atoms with Gasteiger partial charge in [0, 0.05) is 28.0 Å². The fourth-order valence-electron chi connectivity index (χ4n) is 4.21. The van der Waals surface area contributed by atoms with Gasteiger partial charge in [-0.05, 0) is 29.0 Å². The molecule has 35 heavy (non-hydrogen) atoms. The summed E-state index contributed by atoms with van der Waals surface area (Å²) in [6.07, 6.45) is 0. The molecule has 0 fully saturated rings. The number of sulfonamides is 1. The molecule has 0 amide bonds. The van der Waals surface area contributed by atoms with Gasteiger partial charge in [-0.15, -0.1) is 0 Å². The van der Waals surface area contributed by atoms with E-state index in [2.05, 4.69) is 4.72 Å². The number of nitrogens with one attached hydrogen (secondary N) is 1. The van der Waals surface area contributed by atoms with Crippen molar-refractivity contribution in [3.05, 3.63) is 101 Å². The topological polar surface area (TPSA) is 130 Å². The van der Waals surface area contributed by atoms with Crippen molar-refractivity contribution in [3.63, 3.8) is 0 Å². The third kappa shape index (κ3) is 3.77. The van der Waals surface area contributed by atoms with Gasteiger partial charge in [-0.25, -0.2) is 8.42 Å². The fourth-order valence-corrected chi connectivity index (χ4v) is 5.46. The van der Waals surface area contributed by atoms with Gasteiger partial charge in [0.05, 0.1) is 10.6 Å². The van der Waals surface area contributed by atoms with Crippen LogP contribution in [0.1, 0.15) is 0 Å². The van der Waals surface area contributed by atoms with E-state index < -0.39 is 25.5 Å². The van der Waals surface area contributed by atoms with Crippen molar-refractivity contribution in [3.8, 4) is 22.6 Å². The maximum atomic E-state index is 13.3. The number of rotatable bonds is 5. The molecule has 3 N–H and O–H groups in total. The Kier molecular flexibility index (Phi) is 5.26. The highest BCUT2D eigenvalue weighted by Gasteiger charge is 2.27. The van der Waals surface area contributed by atoms with Crippen LogP contribution in [0.4, 0.5) is 11.4 Å². The van der Waals surface area contributed by atoms with Crippen molar-refractivity contribution < 1.29 is 23.6 Å². The van der Waals surface area contributed by atoms with E-state index in [0.29, 0.717) is 21.7 Å². The molecular weight excluding hydrogens is 468 g/mol. The predicted molar refractivity (Wildman–Crippen MR) is 134 cm³/mol. The zero-order valence-corrected chi connectivity index (χ0v) is 18.9. The third-order valence-electron chi connectivity index (χ3n) is 5.79. The maximum absolute atomic E-state index is 13.3. The lowest BCUT2D eigenvalue weighted by atomic mass is 9.93. The van der Waals surface area contributed by atoms with Gasteiger partial charge in [-0.1, -0.05) is 66.7 Å². The summed E-state index contributed by atoms with van der Waals surface area (Å²) in [4.78, 5) is 10.2. The van der Waals surface area contributed by atoms with E-state index in [-0.39, 0.29) is 22.7 Å². The molecule has 0 saturated carbocycles. The van der Waals surface area contributed by atoms with E-state index in [0.717, 1.165) is 17.5 Å². The Balaban J connectivity index is 1.77. The summed E-state index contributed by atoms with van der Waals surface area (Å²) in [5, 5.41) is 35.5. The summed E-state index contributed by atoms with van der Waals surface area (Å²) in [5.41, 5.74) is 0.0737. The summed E-state index contributed by atoms with van der Waals surface area (Å²) < 4.78 is 29.0. The molecule has 0 atom stereocenters. The molecule has 0 aliphatic rings. The molecule has 0 unspecified atom stereocenters. The lowest BCUT2D eigenvalue weighted by Crippen LogP contribution is -2.15.